The number of ether oxygens (including phenoxy) is 2. The summed E-state index contributed by atoms with van der Waals surface area (Å²) in [6.45, 7) is 12.9. The molecule has 1 fully saturated rings. The molecule has 0 spiro atoms. The zero-order chi connectivity index (χ0) is 34.7. The molecule has 2 atom stereocenters. The molecule has 8 nitrogen and oxygen atoms in total. The Morgan fingerprint density at radius 2 is 1.61 bits per heavy atom. The first-order chi connectivity index (χ1) is 23.6. The Morgan fingerprint density at radius 3 is 2.33 bits per heavy atom. The minimum Gasteiger partial charge on any atom is -0.511 e. The maximum atomic E-state index is 12.5. The molecule has 0 amide bonds. The van der Waals surface area contributed by atoms with Crippen molar-refractivity contribution in [2.45, 2.75) is 73.6 Å². The predicted octanol–water partition coefficient (Wildman–Crippen LogP) is 8.56. The number of carbonyl (C=O) groups excluding carboxylic acids is 1. The normalized spacial score (nSPS) is 23.0. The number of hydrogen-bond donors (Lipinski definition) is 2. The Bertz CT molecular complexity index is 2070. The molecule has 1 aromatic carbocycles. The van der Waals surface area contributed by atoms with Crippen LogP contribution in [0.2, 0.25) is 0 Å². The number of carbonyl (C=O) groups is 1. The highest BCUT2D eigenvalue weighted by Gasteiger charge is 2.43. The van der Waals surface area contributed by atoms with Crippen LogP contribution in [0.5, 0.6) is 5.75 Å². The second kappa shape index (κ2) is 12.5. The number of aliphatic hydroxyl groups is 1. The first-order valence-electron chi connectivity index (χ1n) is 17.3. The quantitative estimate of drug-likeness (QED) is 0.286. The third-order valence-corrected chi connectivity index (χ3v) is 10.9. The number of hydrogen-bond acceptors (Lipinski definition) is 8. The Hall–Kier alpha value is -4.98. The lowest BCUT2D eigenvalue weighted by molar-refractivity contribution is -0.140. The molecule has 5 aliphatic heterocycles. The van der Waals surface area contributed by atoms with Crippen molar-refractivity contribution in [3.05, 3.63) is 115 Å². The zero-order valence-electron chi connectivity index (χ0n) is 29.7. The summed E-state index contributed by atoms with van der Waals surface area (Å²) in [4.78, 5) is 28.3. The van der Waals surface area contributed by atoms with E-state index in [0.717, 1.165) is 103 Å². The lowest BCUT2D eigenvalue weighted by Crippen LogP contribution is -2.16. The van der Waals surface area contributed by atoms with Crippen LogP contribution in [0, 0.1) is 11.8 Å². The second-order valence-electron chi connectivity index (χ2n) is 13.4. The molecule has 2 N–H and O–H groups in total. The molecule has 252 valence electrons. The van der Waals surface area contributed by atoms with Crippen molar-refractivity contribution in [2.75, 3.05) is 14.2 Å². The fourth-order valence-corrected chi connectivity index (χ4v) is 8.26. The van der Waals surface area contributed by atoms with E-state index < -0.39 is 0 Å². The monoisotopic (exact) mass is 656 g/mol. The molecule has 7 rings (SSSR count). The number of benzene rings is 1. The Kier molecular flexibility index (Phi) is 8.29. The smallest absolute Gasteiger partial charge is 0.305 e. The van der Waals surface area contributed by atoms with Gasteiger partial charge in [-0.3, -0.25) is 4.79 Å². The van der Waals surface area contributed by atoms with Crippen molar-refractivity contribution in [1.29, 1.82) is 0 Å². The summed E-state index contributed by atoms with van der Waals surface area (Å²) in [5.74, 6) is 0.724. The number of nitrogens with one attached hydrogen (secondary N) is 1. The first-order valence-corrected chi connectivity index (χ1v) is 17.3. The number of para-hydroxylation sites is 1. The van der Waals surface area contributed by atoms with E-state index in [1.807, 2.05) is 25.1 Å². The van der Waals surface area contributed by atoms with Crippen molar-refractivity contribution in [3.63, 3.8) is 0 Å². The Balaban J connectivity index is 1.57. The van der Waals surface area contributed by atoms with Gasteiger partial charge in [-0.15, -0.1) is 0 Å². The number of rotatable bonds is 7. The summed E-state index contributed by atoms with van der Waals surface area (Å²) >= 11 is 0. The highest BCUT2D eigenvalue weighted by Crippen LogP contribution is 2.49. The number of methoxy groups -OCH3 is 2. The number of aliphatic imine (C=N–C) groups is 3. The van der Waals surface area contributed by atoms with Gasteiger partial charge in [0.25, 0.3) is 0 Å². The van der Waals surface area contributed by atoms with Gasteiger partial charge in [-0.05, 0) is 86.1 Å². The van der Waals surface area contributed by atoms with E-state index in [2.05, 4.69) is 58.2 Å². The van der Waals surface area contributed by atoms with Gasteiger partial charge >= 0.3 is 5.97 Å². The maximum Gasteiger partial charge on any atom is 0.305 e. The van der Waals surface area contributed by atoms with Crippen molar-refractivity contribution >= 4 is 28.7 Å². The molecule has 1 aliphatic carbocycles. The number of esters is 1. The van der Waals surface area contributed by atoms with Crippen molar-refractivity contribution < 1.29 is 19.4 Å². The van der Waals surface area contributed by atoms with Crippen LogP contribution in [-0.4, -0.2) is 42.4 Å². The SMILES string of the molecule is CCC1=C(C)C2=NC1=CC1=C(C)C3=C(O)CC(=C4NC(=C(c5ccccc5OC)C5=NC(=C2)C(CC)=C5C)[C@@H](C)[C@@H]4CCC(=O)OC)C3=N1. The van der Waals surface area contributed by atoms with Crippen LogP contribution in [0.1, 0.15) is 79.2 Å². The fourth-order valence-electron chi connectivity index (χ4n) is 8.26. The van der Waals surface area contributed by atoms with E-state index in [1.54, 1.807) is 7.11 Å². The summed E-state index contributed by atoms with van der Waals surface area (Å²) in [5, 5.41) is 15.4. The number of nitrogens with zero attached hydrogens (tertiary/aromatic N) is 3. The Morgan fingerprint density at radius 1 is 0.898 bits per heavy atom. The Labute approximate surface area is 288 Å². The molecule has 0 unspecified atom stereocenters. The predicted molar refractivity (Wildman–Crippen MR) is 195 cm³/mol. The van der Waals surface area contributed by atoms with Crippen LogP contribution in [0.3, 0.4) is 0 Å². The highest BCUT2D eigenvalue weighted by atomic mass is 16.5. The van der Waals surface area contributed by atoms with Gasteiger partial charge in [0.15, 0.2) is 0 Å². The van der Waals surface area contributed by atoms with E-state index in [1.165, 1.54) is 18.3 Å². The lowest BCUT2D eigenvalue weighted by Gasteiger charge is -2.20. The van der Waals surface area contributed by atoms with Gasteiger partial charge in [0, 0.05) is 58.4 Å². The molecule has 0 saturated carbocycles. The third kappa shape index (κ3) is 5.11. The molecular weight excluding hydrogens is 612 g/mol. The molecule has 6 aliphatic rings. The number of fused-ring (bicyclic) bond motifs is 5. The molecule has 0 aromatic heterocycles. The zero-order valence-corrected chi connectivity index (χ0v) is 29.7. The maximum absolute atomic E-state index is 12.5. The van der Waals surface area contributed by atoms with E-state index in [0.29, 0.717) is 18.6 Å². The third-order valence-electron chi connectivity index (χ3n) is 10.9. The molecule has 1 saturated heterocycles. The van der Waals surface area contributed by atoms with Crippen LogP contribution >= 0.6 is 0 Å². The second-order valence-corrected chi connectivity index (χ2v) is 13.4. The van der Waals surface area contributed by atoms with Crippen LogP contribution < -0.4 is 10.1 Å². The van der Waals surface area contributed by atoms with Gasteiger partial charge in [-0.25, -0.2) is 15.0 Å². The van der Waals surface area contributed by atoms with Crippen LogP contribution in [0.25, 0.3) is 5.57 Å². The van der Waals surface area contributed by atoms with Crippen molar-refractivity contribution in [3.8, 4) is 5.75 Å². The molecule has 8 bridgehead atoms. The first kappa shape index (κ1) is 32.6. The summed E-state index contributed by atoms with van der Waals surface area (Å²) < 4.78 is 11.1. The van der Waals surface area contributed by atoms with E-state index in [4.69, 9.17) is 24.5 Å². The van der Waals surface area contributed by atoms with Crippen LogP contribution in [-0.2, 0) is 9.53 Å². The highest BCUT2D eigenvalue weighted by molar-refractivity contribution is 6.35. The van der Waals surface area contributed by atoms with Gasteiger partial charge in [0.1, 0.15) is 11.5 Å². The number of allylic oxidation sites excluding steroid dienone is 12. The van der Waals surface area contributed by atoms with Crippen LogP contribution in [0.4, 0.5) is 0 Å². The largest absolute Gasteiger partial charge is 0.511 e. The van der Waals surface area contributed by atoms with Gasteiger partial charge in [0.2, 0.25) is 0 Å². The fraction of sp³-hybridized carbons (Fsp3) is 0.366. The minimum atomic E-state index is -0.247. The summed E-state index contributed by atoms with van der Waals surface area (Å²) in [6.07, 6.45) is 7.06. The standard InChI is InChI=1S/C41H44N4O4/c1-9-24-20(3)29-18-32-25(10-2)21(4)38(44-32)37(27-13-11-12-14-34(27)48-7)39-22(5)26(15-16-35(47)49-8)40(45-39)28-17-33(46)36-23(6)30(43-41(28)36)19-31(24)42-29/h11-14,18-19,22,26,45-46H,9-10,15-17H2,1-8H3/t22-,26-/m0/s1. The average Bonchev–Trinajstić information content (AvgIpc) is 3.86. The molecule has 5 heterocycles. The van der Waals surface area contributed by atoms with Crippen molar-refractivity contribution in [1.82, 2.24) is 5.32 Å². The molecule has 0 radical (unpaired) electrons. The van der Waals surface area contributed by atoms with Gasteiger partial charge < -0.3 is 19.9 Å². The minimum absolute atomic E-state index is 0.0297. The topological polar surface area (TPSA) is 105 Å². The molecule has 1 aromatic rings. The van der Waals surface area contributed by atoms with E-state index in [-0.39, 0.29) is 24.2 Å². The molecular formula is C41H44N4O4. The summed E-state index contributed by atoms with van der Waals surface area (Å²) in [7, 11) is 3.13. The molecule has 49 heavy (non-hydrogen) atoms. The van der Waals surface area contributed by atoms with Gasteiger partial charge in [-0.2, -0.15) is 0 Å². The summed E-state index contributed by atoms with van der Waals surface area (Å²) in [5.41, 5.74) is 16.4. The van der Waals surface area contributed by atoms with Crippen LogP contribution in [0.15, 0.2) is 125 Å². The van der Waals surface area contributed by atoms with Crippen molar-refractivity contribution in [2.24, 2.45) is 26.8 Å². The summed E-state index contributed by atoms with van der Waals surface area (Å²) in [6, 6.07) is 8.08. The van der Waals surface area contributed by atoms with Gasteiger partial charge in [-0.1, -0.05) is 39.0 Å². The number of aliphatic hydroxyl groups excluding tert-OH is 1. The molecule has 8 heteroatoms. The van der Waals surface area contributed by atoms with E-state index in [9.17, 15) is 9.90 Å². The lowest BCUT2D eigenvalue weighted by atomic mass is 9.83. The average molecular weight is 657 g/mol. The van der Waals surface area contributed by atoms with Gasteiger partial charge in [0.05, 0.1) is 48.4 Å². The van der Waals surface area contributed by atoms with E-state index >= 15 is 0 Å².